The minimum Gasteiger partial charge on any atom is -0.497 e. The number of nitrogens with one attached hydrogen (secondary N) is 2. The van der Waals surface area contributed by atoms with E-state index in [9.17, 15) is 9.18 Å². The second-order valence-corrected chi connectivity index (χ2v) is 5.58. The molecule has 1 heterocycles. The van der Waals surface area contributed by atoms with Crippen molar-refractivity contribution < 1.29 is 18.7 Å². The van der Waals surface area contributed by atoms with Crippen LogP contribution in [-0.2, 0) is 0 Å². The minimum absolute atomic E-state index is 0.329. The van der Waals surface area contributed by atoms with Crippen LogP contribution in [0.3, 0.4) is 0 Å². The predicted octanol–water partition coefficient (Wildman–Crippen LogP) is 4.23. The molecule has 7 heteroatoms. The van der Waals surface area contributed by atoms with Crippen molar-refractivity contribution >= 4 is 23.1 Å². The molecule has 0 spiro atoms. The molecule has 1 amide bonds. The number of methoxy groups -OCH3 is 2. The zero-order chi connectivity index (χ0) is 19.2. The highest BCUT2D eigenvalue weighted by Gasteiger charge is 2.10. The van der Waals surface area contributed by atoms with Gasteiger partial charge in [0.25, 0.3) is 5.91 Å². The van der Waals surface area contributed by atoms with Gasteiger partial charge in [0.1, 0.15) is 23.1 Å². The Kier molecular flexibility index (Phi) is 5.51. The maximum absolute atomic E-state index is 13.0. The van der Waals surface area contributed by atoms with Crippen molar-refractivity contribution in [3.8, 4) is 11.5 Å². The van der Waals surface area contributed by atoms with E-state index in [0.717, 1.165) is 0 Å². The largest absolute Gasteiger partial charge is 0.497 e. The van der Waals surface area contributed by atoms with E-state index in [4.69, 9.17) is 9.47 Å². The lowest BCUT2D eigenvalue weighted by Gasteiger charge is -2.13. The molecule has 27 heavy (non-hydrogen) atoms. The standard InChI is InChI=1S/C20H18FN3O3/c1-26-16-7-8-18(27-2)17(12-16)24-19-11-13(9-10-22-19)20(25)23-15-5-3-14(21)4-6-15/h3-12H,1-2H3,(H,22,24)(H,23,25). The smallest absolute Gasteiger partial charge is 0.255 e. The van der Waals surface area contributed by atoms with Crippen LogP contribution in [0.1, 0.15) is 10.4 Å². The Morgan fingerprint density at radius 3 is 2.48 bits per heavy atom. The van der Waals surface area contributed by atoms with Crippen molar-refractivity contribution in [1.29, 1.82) is 0 Å². The number of carbonyl (C=O) groups is 1. The molecule has 1 aromatic heterocycles. The van der Waals surface area contributed by atoms with Crippen LogP contribution in [0.25, 0.3) is 0 Å². The fraction of sp³-hybridized carbons (Fsp3) is 0.100. The van der Waals surface area contributed by atoms with Crippen molar-refractivity contribution in [2.45, 2.75) is 0 Å². The third-order valence-corrected chi connectivity index (χ3v) is 3.79. The summed E-state index contributed by atoms with van der Waals surface area (Å²) in [5.41, 5.74) is 1.56. The first kappa shape index (κ1) is 18.2. The molecule has 0 aliphatic rings. The molecule has 0 atom stereocenters. The highest BCUT2D eigenvalue weighted by molar-refractivity contribution is 6.04. The summed E-state index contributed by atoms with van der Waals surface area (Å²) < 4.78 is 23.5. The van der Waals surface area contributed by atoms with Gasteiger partial charge in [0.15, 0.2) is 0 Å². The van der Waals surface area contributed by atoms with Gasteiger partial charge in [0.2, 0.25) is 0 Å². The van der Waals surface area contributed by atoms with E-state index in [-0.39, 0.29) is 11.7 Å². The molecule has 0 saturated heterocycles. The molecule has 2 N–H and O–H groups in total. The Morgan fingerprint density at radius 1 is 1.00 bits per heavy atom. The number of anilines is 3. The molecule has 0 aliphatic carbocycles. The average molecular weight is 367 g/mol. The first-order valence-corrected chi connectivity index (χ1v) is 8.11. The van der Waals surface area contributed by atoms with Gasteiger partial charge in [-0.3, -0.25) is 4.79 Å². The third-order valence-electron chi connectivity index (χ3n) is 3.79. The van der Waals surface area contributed by atoms with Gasteiger partial charge < -0.3 is 20.1 Å². The van der Waals surface area contributed by atoms with Crippen LogP contribution in [-0.4, -0.2) is 25.1 Å². The number of hydrogen-bond acceptors (Lipinski definition) is 5. The second kappa shape index (κ2) is 8.18. The van der Waals surface area contributed by atoms with E-state index < -0.39 is 0 Å². The van der Waals surface area contributed by atoms with Crippen LogP contribution in [0.2, 0.25) is 0 Å². The number of amides is 1. The SMILES string of the molecule is COc1ccc(OC)c(Nc2cc(C(=O)Nc3ccc(F)cc3)ccn2)c1. The maximum atomic E-state index is 13.0. The number of rotatable bonds is 6. The van der Waals surface area contributed by atoms with Crippen LogP contribution in [0.4, 0.5) is 21.6 Å². The first-order chi connectivity index (χ1) is 13.1. The number of hydrogen-bond donors (Lipinski definition) is 2. The second-order valence-electron chi connectivity index (χ2n) is 5.58. The molecule has 6 nitrogen and oxygen atoms in total. The number of nitrogens with zero attached hydrogens (tertiary/aromatic N) is 1. The molecular weight excluding hydrogens is 349 g/mol. The summed E-state index contributed by atoms with van der Waals surface area (Å²) in [7, 11) is 3.14. The van der Waals surface area contributed by atoms with E-state index in [0.29, 0.717) is 34.3 Å². The van der Waals surface area contributed by atoms with E-state index in [1.165, 1.54) is 30.5 Å². The quantitative estimate of drug-likeness (QED) is 0.682. The van der Waals surface area contributed by atoms with Gasteiger partial charge in [-0.15, -0.1) is 0 Å². The monoisotopic (exact) mass is 367 g/mol. The van der Waals surface area contributed by atoms with Gasteiger partial charge >= 0.3 is 0 Å². The predicted molar refractivity (Wildman–Crippen MR) is 101 cm³/mol. The van der Waals surface area contributed by atoms with E-state index in [1.807, 2.05) is 0 Å². The van der Waals surface area contributed by atoms with Gasteiger partial charge in [-0.2, -0.15) is 0 Å². The van der Waals surface area contributed by atoms with Crippen molar-refractivity contribution in [2.24, 2.45) is 0 Å². The summed E-state index contributed by atoms with van der Waals surface area (Å²) in [5.74, 6) is 1.04. The number of ether oxygens (including phenoxy) is 2. The molecule has 0 unspecified atom stereocenters. The number of carbonyl (C=O) groups excluding carboxylic acids is 1. The molecule has 0 radical (unpaired) electrons. The fourth-order valence-electron chi connectivity index (χ4n) is 2.43. The number of halogens is 1. The van der Waals surface area contributed by atoms with Gasteiger partial charge in [-0.1, -0.05) is 0 Å². The van der Waals surface area contributed by atoms with Crippen molar-refractivity contribution in [2.75, 3.05) is 24.9 Å². The zero-order valence-electron chi connectivity index (χ0n) is 14.8. The summed E-state index contributed by atoms with van der Waals surface area (Å²) in [6.45, 7) is 0. The molecule has 0 saturated carbocycles. The molecular formula is C20H18FN3O3. The lowest BCUT2D eigenvalue weighted by Crippen LogP contribution is -2.12. The van der Waals surface area contributed by atoms with Crippen molar-refractivity contribution in [3.05, 3.63) is 72.2 Å². The Morgan fingerprint density at radius 2 is 1.78 bits per heavy atom. The Bertz CT molecular complexity index is 945. The van der Waals surface area contributed by atoms with Crippen LogP contribution in [0.15, 0.2) is 60.8 Å². The van der Waals surface area contributed by atoms with Crippen LogP contribution in [0, 0.1) is 5.82 Å². The zero-order valence-corrected chi connectivity index (χ0v) is 14.8. The molecule has 0 aliphatic heterocycles. The summed E-state index contributed by atoms with van der Waals surface area (Å²) >= 11 is 0. The van der Waals surface area contributed by atoms with Gasteiger partial charge in [0.05, 0.1) is 19.9 Å². The number of benzene rings is 2. The van der Waals surface area contributed by atoms with Gasteiger partial charge in [-0.05, 0) is 48.5 Å². The van der Waals surface area contributed by atoms with Crippen LogP contribution < -0.4 is 20.1 Å². The summed E-state index contributed by atoms with van der Waals surface area (Å²) in [5, 5.41) is 5.83. The molecule has 3 rings (SSSR count). The van der Waals surface area contributed by atoms with Crippen molar-refractivity contribution in [3.63, 3.8) is 0 Å². The highest BCUT2D eigenvalue weighted by atomic mass is 19.1. The number of pyridine rings is 1. The lowest BCUT2D eigenvalue weighted by atomic mass is 10.2. The van der Waals surface area contributed by atoms with Crippen LogP contribution >= 0.6 is 0 Å². The van der Waals surface area contributed by atoms with E-state index in [1.54, 1.807) is 44.6 Å². The first-order valence-electron chi connectivity index (χ1n) is 8.11. The van der Waals surface area contributed by atoms with E-state index >= 15 is 0 Å². The maximum Gasteiger partial charge on any atom is 0.255 e. The molecule has 2 aromatic carbocycles. The summed E-state index contributed by atoms with van der Waals surface area (Å²) in [4.78, 5) is 16.7. The summed E-state index contributed by atoms with van der Waals surface area (Å²) in [6, 6.07) is 14.1. The van der Waals surface area contributed by atoms with Crippen molar-refractivity contribution in [1.82, 2.24) is 4.98 Å². The molecule has 0 bridgehead atoms. The number of aromatic nitrogens is 1. The average Bonchev–Trinajstić information content (AvgIpc) is 2.70. The molecule has 3 aromatic rings. The Labute approximate surface area is 156 Å². The fourth-order valence-corrected chi connectivity index (χ4v) is 2.43. The highest BCUT2D eigenvalue weighted by Crippen LogP contribution is 2.31. The van der Waals surface area contributed by atoms with Crippen LogP contribution in [0.5, 0.6) is 11.5 Å². The van der Waals surface area contributed by atoms with Gasteiger partial charge in [-0.25, -0.2) is 9.37 Å². The molecule has 0 fully saturated rings. The third kappa shape index (κ3) is 4.52. The molecule has 138 valence electrons. The summed E-state index contributed by atoms with van der Waals surface area (Å²) in [6.07, 6.45) is 1.52. The van der Waals surface area contributed by atoms with E-state index in [2.05, 4.69) is 15.6 Å². The Balaban J connectivity index is 1.79. The normalized spacial score (nSPS) is 10.2. The Hall–Kier alpha value is -3.61. The minimum atomic E-state index is -0.365. The lowest BCUT2D eigenvalue weighted by molar-refractivity contribution is 0.102. The van der Waals surface area contributed by atoms with Gasteiger partial charge in [0, 0.05) is 23.5 Å². The topological polar surface area (TPSA) is 72.5 Å².